The number of amides is 1. The van der Waals surface area contributed by atoms with Gasteiger partial charge in [0.05, 0.1) is 0 Å². The minimum atomic E-state index is 0.286. The van der Waals surface area contributed by atoms with Crippen LogP contribution in [0.3, 0.4) is 0 Å². The molecule has 2 heterocycles. The third-order valence-electron chi connectivity index (χ3n) is 3.78. The van der Waals surface area contributed by atoms with Gasteiger partial charge in [-0.25, -0.2) is 9.97 Å². The van der Waals surface area contributed by atoms with Crippen LogP contribution >= 0.6 is 0 Å². The van der Waals surface area contributed by atoms with Crippen molar-refractivity contribution in [2.75, 3.05) is 39.0 Å². The summed E-state index contributed by atoms with van der Waals surface area (Å²) in [5.74, 6) is 0.943. The number of nitrogens with zero attached hydrogens (tertiary/aromatic N) is 4. The Hall–Kier alpha value is -1.69. The highest BCUT2D eigenvalue weighted by Gasteiger charge is 2.29. The molecule has 1 unspecified atom stereocenters. The van der Waals surface area contributed by atoms with Gasteiger partial charge in [-0.2, -0.15) is 0 Å². The maximum Gasteiger partial charge on any atom is 0.222 e. The zero-order valence-electron chi connectivity index (χ0n) is 13.2. The molecule has 1 aromatic heterocycles. The van der Waals surface area contributed by atoms with Crippen LogP contribution in [-0.2, 0) is 4.79 Å². The predicted molar refractivity (Wildman–Crippen MR) is 83.2 cm³/mol. The van der Waals surface area contributed by atoms with Crippen LogP contribution < -0.4 is 5.32 Å². The molecule has 0 radical (unpaired) electrons. The molecule has 116 valence electrons. The number of rotatable bonds is 7. The molecule has 1 N–H and O–H groups in total. The minimum Gasteiger partial charge on any atom is -0.354 e. The minimum absolute atomic E-state index is 0.286. The Morgan fingerprint density at radius 3 is 2.76 bits per heavy atom. The van der Waals surface area contributed by atoms with E-state index in [0.717, 1.165) is 38.0 Å². The number of likely N-dealkylation sites (tertiary alicyclic amines) is 1. The van der Waals surface area contributed by atoms with Crippen LogP contribution in [0.4, 0.5) is 5.95 Å². The number of aryl methyl sites for hydroxylation is 1. The summed E-state index contributed by atoms with van der Waals surface area (Å²) >= 11 is 0. The van der Waals surface area contributed by atoms with Crippen LogP contribution in [0.1, 0.15) is 24.8 Å². The lowest BCUT2D eigenvalue weighted by Gasteiger charge is -2.26. The lowest BCUT2D eigenvalue weighted by atomic mass is 10.1. The summed E-state index contributed by atoms with van der Waals surface area (Å²) in [5, 5.41) is 3.23. The van der Waals surface area contributed by atoms with Gasteiger partial charge in [-0.05, 0) is 39.4 Å². The molecule has 1 atom stereocenters. The Morgan fingerprint density at radius 2 is 2.10 bits per heavy atom. The highest BCUT2D eigenvalue weighted by Crippen LogP contribution is 2.21. The number of aromatic nitrogens is 2. The standard InChI is InChI=1S/C15H25N5O/c1-12-10-17-15(18-11-12)16-7-6-13-4-5-14(21)20(13)9-8-19(2)3/h10-11,13H,4-9H2,1-3H3,(H,16,17,18). The topological polar surface area (TPSA) is 61.4 Å². The molecule has 0 aromatic carbocycles. The smallest absolute Gasteiger partial charge is 0.222 e. The Labute approximate surface area is 126 Å². The molecule has 1 aliphatic rings. The first kappa shape index (κ1) is 15.7. The first-order chi connectivity index (χ1) is 10.1. The van der Waals surface area contributed by atoms with Crippen molar-refractivity contribution in [3.63, 3.8) is 0 Å². The highest BCUT2D eigenvalue weighted by atomic mass is 16.2. The second kappa shape index (κ2) is 7.36. The zero-order valence-corrected chi connectivity index (χ0v) is 13.2. The predicted octanol–water partition coefficient (Wildman–Crippen LogP) is 1.14. The van der Waals surface area contributed by atoms with Crippen molar-refractivity contribution in [2.24, 2.45) is 0 Å². The van der Waals surface area contributed by atoms with Crippen molar-refractivity contribution in [3.05, 3.63) is 18.0 Å². The first-order valence-corrected chi connectivity index (χ1v) is 7.53. The summed E-state index contributed by atoms with van der Waals surface area (Å²) in [6.45, 7) is 4.49. The summed E-state index contributed by atoms with van der Waals surface area (Å²) in [7, 11) is 4.07. The van der Waals surface area contributed by atoms with Gasteiger partial charge in [0.1, 0.15) is 0 Å². The third-order valence-corrected chi connectivity index (χ3v) is 3.78. The maximum absolute atomic E-state index is 11.9. The summed E-state index contributed by atoms with van der Waals surface area (Å²) < 4.78 is 0. The Bertz CT molecular complexity index is 460. The lowest BCUT2D eigenvalue weighted by Crippen LogP contribution is -2.39. The SMILES string of the molecule is Cc1cnc(NCCC2CCC(=O)N2CCN(C)C)nc1. The third kappa shape index (κ3) is 4.67. The van der Waals surface area contributed by atoms with Crippen molar-refractivity contribution in [3.8, 4) is 0 Å². The molecular weight excluding hydrogens is 266 g/mol. The van der Waals surface area contributed by atoms with Crippen LogP contribution in [0.2, 0.25) is 0 Å². The number of hydrogen-bond acceptors (Lipinski definition) is 5. The number of hydrogen-bond donors (Lipinski definition) is 1. The summed E-state index contributed by atoms with van der Waals surface area (Å²) in [4.78, 5) is 24.5. The van der Waals surface area contributed by atoms with E-state index in [1.807, 2.05) is 25.9 Å². The van der Waals surface area contributed by atoms with Gasteiger partial charge in [0.2, 0.25) is 11.9 Å². The highest BCUT2D eigenvalue weighted by molar-refractivity contribution is 5.78. The van der Waals surface area contributed by atoms with E-state index in [1.165, 1.54) is 0 Å². The number of anilines is 1. The molecule has 0 spiro atoms. The Morgan fingerprint density at radius 1 is 1.38 bits per heavy atom. The summed E-state index contributed by atoms with van der Waals surface area (Å²) in [6, 6.07) is 0.343. The summed E-state index contributed by atoms with van der Waals surface area (Å²) in [5.41, 5.74) is 1.05. The van der Waals surface area contributed by atoms with E-state index >= 15 is 0 Å². The van der Waals surface area contributed by atoms with Gasteiger partial charge >= 0.3 is 0 Å². The molecule has 1 fully saturated rings. The van der Waals surface area contributed by atoms with Crippen molar-refractivity contribution in [1.82, 2.24) is 19.8 Å². The van der Waals surface area contributed by atoms with Crippen molar-refractivity contribution in [1.29, 1.82) is 0 Å². The molecule has 1 saturated heterocycles. The quantitative estimate of drug-likeness (QED) is 0.816. The number of likely N-dealkylation sites (N-methyl/N-ethyl adjacent to an activating group) is 1. The normalized spacial score (nSPS) is 18.6. The van der Waals surface area contributed by atoms with Gasteiger partial charge in [0, 0.05) is 44.5 Å². The molecule has 0 aliphatic carbocycles. The average molecular weight is 291 g/mol. The molecule has 6 nitrogen and oxygen atoms in total. The summed E-state index contributed by atoms with van der Waals surface area (Å²) in [6.07, 6.45) is 6.19. The van der Waals surface area contributed by atoms with Crippen LogP contribution in [0, 0.1) is 6.92 Å². The van der Waals surface area contributed by atoms with Crippen LogP contribution in [-0.4, -0.2) is 65.4 Å². The monoisotopic (exact) mass is 291 g/mol. The van der Waals surface area contributed by atoms with Crippen LogP contribution in [0.15, 0.2) is 12.4 Å². The Kier molecular flexibility index (Phi) is 5.50. The molecule has 1 amide bonds. The fourth-order valence-electron chi connectivity index (χ4n) is 2.54. The molecule has 0 bridgehead atoms. The van der Waals surface area contributed by atoms with Crippen molar-refractivity contribution >= 4 is 11.9 Å². The second-order valence-electron chi connectivity index (χ2n) is 5.88. The Balaban J connectivity index is 1.78. The molecule has 1 aliphatic heterocycles. The molecule has 6 heteroatoms. The van der Waals surface area contributed by atoms with Crippen LogP contribution in [0.5, 0.6) is 0 Å². The second-order valence-corrected chi connectivity index (χ2v) is 5.88. The molecule has 2 rings (SSSR count). The van der Waals surface area contributed by atoms with Gasteiger partial charge in [-0.3, -0.25) is 4.79 Å². The van der Waals surface area contributed by atoms with Crippen molar-refractivity contribution < 1.29 is 4.79 Å². The number of nitrogens with one attached hydrogen (secondary N) is 1. The van der Waals surface area contributed by atoms with Gasteiger partial charge in [0.15, 0.2) is 0 Å². The maximum atomic E-state index is 11.9. The van der Waals surface area contributed by atoms with Crippen LogP contribution in [0.25, 0.3) is 0 Å². The fourth-order valence-corrected chi connectivity index (χ4v) is 2.54. The number of carbonyl (C=O) groups is 1. The van der Waals surface area contributed by atoms with E-state index in [-0.39, 0.29) is 5.91 Å². The van der Waals surface area contributed by atoms with Crippen molar-refractivity contribution in [2.45, 2.75) is 32.2 Å². The van der Waals surface area contributed by atoms with Gasteiger partial charge in [-0.1, -0.05) is 0 Å². The van der Waals surface area contributed by atoms with Gasteiger partial charge in [0.25, 0.3) is 0 Å². The first-order valence-electron chi connectivity index (χ1n) is 7.53. The van der Waals surface area contributed by atoms with Gasteiger partial charge in [-0.15, -0.1) is 0 Å². The lowest BCUT2D eigenvalue weighted by molar-refractivity contribution is -0.129. The largest absolute Gasteiger partial charge is 0.354 e. The molecular formula is C15H25N5O. The number of carbonyl (C=O) groups excluding carboxylic acids is 1. The van der Waals surface area contributed by atoms with E-state index in [1.54, 1.807) is 12.4 Å². The molecule has 0 saturated carbocycles. The van der Waals surface area contributed by atoms with E-state index in [9.17, 15) is 4.79 Å². The fraction of sp³-hybridized carbons (Fsp3) is 0.667. The molecule has 21 heavy (non-hydrogen) atoms. The van der Waals surface area contributed by atoms with E-state index in [0.29, 0.717) is 18.4 Å². The molecule has 1 aromatic rings. The zero-order chi connectivity index (χ0) is 15.2. The van der Waals surface area contributed by atoms with E-state index < -0.39 is 0 Å². The average Bonchev–Trinajstić information content (AvgIpc) is 2.79. The van der Waals surface area contributed by atoms with E-state index in [2.05, 4.69) is 20.2 Å². The van der Waals surface area contributed by atoms with Gasteiger partial charge < -0.3 is 15.1 Å². The van der Waals surface area contributed by atoms with E-state index in [4.69, 9.17) is 0 Å².